The second-order valence-corrected chi connectivity index (χ2v) is 9.32. The van der Waals surface area contributed by atoms with Gasteiger partial charge in [0.2, 0.25) is 0 Å². The highest BCUT2D eigenvalue weighted by molar-refractivity contribution is 5.47. The molecule has 0 spiro atoms. The number of aromatic amines is 1. The maximum Gasteiger partial charge on any atom is 0.330 e. The summed E-state index contributed by atoms with van der Waals surface area (Å²) in [4.78, 5) is 29.5. The van der Waals surface area contributed by atoms with Gasteiger partial charge in [0, 0.05) is 16.7 Å². The van der Waals surface area contributed by atoms with Crippen molar-refractivity contribution in [1.82, 2.24) is 9.55 Å². The molecule has 5 rings (SSSR count). The maximum atomic E-state index is 12.5. The van der Waals surface area contributed by atoms with Crippen molar-refractivity contribution in [1.29, 1.82) is 0 Å². The number of aliphatic hydroxyl groups excluding tert-OH is 1. The molecule has 1 unspecified atom stereocenters. The molecule has 1 aliphatic rings. The number of aromatic nitrogens is 2. The van der Waals surface area contributed by atoms with E-state index in [2.05, 4.69) is 15.0 Å². The second kappa shape index (κ2) is 11.1. The molecule has 2 N–H and O–H groups in total. The lowest BCUT2D eigenvalue weighted by molar-refractivity contribution is -0.0884. The molecule has 0 saturated carbocycles. The van der Waals surface area contributed by atoms with Crippen molar-refractivity contribution in [2.75, 3.05) is 6.61 Å². The van der Waals surface area contributed by atoms with E-state index in [0.29, 0.717) is 0 Å². The molecular formula is C29H27N5O5. The van der Waals surface area contributed by atoms with Crippen LogP contribution in [-0.4, -0.2) is 39.5 Å². The molecule has 0 bridgehead atoms. The molecule has 4 atom stereocenters. The van der Waals surface area contributed by atoms with E-state index in [1.54, 1.807) is 0 Å². The Kier molecular flexibility index (Phi) is 7.44. The molecule has 4 aromatic rings. The van der Waals surface area contributed by atoms with Crippen LogP contribution in [0.15, 0.2) is 112 Å². The Morgan fingerprint density at radius 3 is 1.97 bits per heavy atom. The highest BCUT2D eigenvalue weighted by Gasteiger charge is 2.47. The van der Waals surface area contributed by atoms with Gasteiger partial charge in [-0.3, -0.25) is 14.3 Å². The minimum atomic E-state index is -1.36. The summed E-state index contributed by atoms with van der Waals surface area (Å²) in [7, 11) is 0. The molecule has 0 aliphatic carbocycles. The summed E-state index contributed by atoms with van der Waals surface area (Å²) in [6, 6.07) is 28.1. The minimum absolute atomic E-state index is 0.0903. The van der Waals surface area contributed by atoms with Gasteiger partial charge in [-0.05, 0) is 29.1 Å². The Morgan fingerprint density at radius 1 is 0.974 bits per heavy atom. The van der Waals surface area contributed by atoms with E-state index in [1.807, 2.05) is 91.0 Å². The molecule has 0 amide bonds. The number of aliphatic hydroxyl groups is 1. The van der Waals surface area contributed by atoms with Crippen LogP contribution in [0, 0.1) is 6.92 Å². The first-order chi connectivity index (χ1) is 19.0. The van der Waals surface area contributed by atoms with Crippen molar-refractivity contribution in [2.45, 2.75) is 37.0 Å². The van der Waals surface area contributed by atoms with Crippen molar-refractivity contribution >= 4 is 0 Å². The molecular weight excluding hydrogens is 498 g/mol. The van der Waals surface area contributed by atoms with Gasteiger partial charge >= 0.3 is 5.69 Å². The molecule has 10 heteroatoms. The first-order valence-corrected chi connectivity index (χ1v) is 12.5. The van der Waals surface area contributed by atoms with E-state index in [1.165, 1.54) is 13.1 Å². The molecule has 1 saturated heterocycles. The number of ether oxygens (including phenoxy) is 2. The second-order valence-electron chi connectivity index (χ2n) is 9.32. The zero-order chi connectivity index (χ0) is 27.4. The zero-order valence-electron chi connectivity index (χ0n) is 21.1. The molecule has 39 heavy (non-hydrogen) atoms. The van der Waals surface area contributed by atoms with E-state index < -0.39 is 41.3 Å². The van der Waals surface area contributed by atoms with Crippen LogP contribution in [0.5, 0.6) is 0 Å². The van der Waals surface area contributed by atoms with Crippen LogP contribution in [0.2, 0.25) is 0 Å². The van der Waals surface area contributed by atoms with Crippen molar-refractivity contribution in [3.05, 3.63) is 151 Å². The average Bonchev–Trinajstić information content (AvgIpc) is 3.27. The minimum Gasteiger partial charge on any atom is -0.388 e. The average molecular weight is 526 g/mol. The zero-order valence-corrected chi connectivity index (χ0v) is 21.1. The molecule has 1 aromatic heterocycles. The largest absolute Gasteiger partial charge is 0.388 e. The van der Waals surface area contributed by atoms with E-state index >= 15 is 0 Å². The van der Waals surface area contributed by atoms with Crippen molar-refractivity contribution in [2.24, 2.45) is 5.11 Å². The maximum absolute atomic E-state index is 12.5. The van der Waals surface area contributed by atoms with Crippen LogP contribution < -0.4 is 11.2 Å². The Hall–Kier alpha value is -4.47. The molecule has 3 aromatic carbocycles. The van der Waals surface area contributed by atoms with Gasteiger partial charge in [-0.2, -0.15) is 0 Å². The molecule has 1 fully saturated rings. The van der Waals surface area contributed by atoms with E-state index in [0.717, 1.165) is 21.3 Å². The standard InChI is InChI=1S/C29H27N5O5/c1-19-17-34(28(37)31-26(19)36)27-25(35)24(32-33-30)23(39-27)18-38-29(20-11-5-2-6-12-20,21-13-7-3-8-14-21)22-15-9-4-10-16-22/h2-17,23-25,27,35H,18H2,1H3,(H,31,36,37)/t23-,24-,25+,27?/m1/s1. The van der Waals surface area contributed by atoms with E-state index in [4.69, 9.17) is 9.47 Å². The van der Waals surface area contributed by atoms with Crippen LogP contribution >= 0.6 is 0 Å². The number of nitrogens with zero attached hydrogens (tertiary/aromatic N) is 4. The number of rotatable bonds is 8. The lowest BCUT2D eigenvalue weighted by atomic mass is 9.80. The topological polar surface area (TPSA) is 142 Å². The Balaban J connectivity index is 1.57. The predicted octanol–water partition coefficient (Wildman–Crippen LogP) is 3.79. The first kappa shape index (κ1) is 26.1. The normalized spacial score (nSPS) is 20.9. The summed E-state index contributed by atoms with van der Waals surface area (Å²) < 4.78 is 14.0. The Labute approximate surface area is 223 Å². The summed E-state index contributed by atoms with van der Waals surface area (Å²) >= 11 is 0. The number of benzene rings is 3. The number of azide groups is 1. The SMILES string of the molecule is Cc1cn(C2O[C@H](COC(c3ccccc3)(c3ccccc3)c3ccccc3)[C@@H](N=[N+]=[N-])[C@@H]2O)c(=O)[nH]c1=O. The smallest absolute Gasteiger partial charge is 0.330 e. The van der Waals surface area contributed by atoms with Gasteiger partial charge < -0.3 is 14.6 Å². The van der Waals surface area contributed by atoms with Gasteiger partial charge in [-0.1, -0.05) is 96.1 Å². The van der Waals surface area contributed by atoms with Crippen LogP contribution in [0.25, 0.3) is 10.4 Å². The fourth-order valence-corrected chi connectivity index (χ4v) is 5.05. The highest BCUT2D eigenvalue weighted by Crippen LogP contribution is 2.42. The van der Waals surface area contributed by atoms with Crippen LogP contribution in [0.4, 0.5) is 0 Å². The lowest BCUT2D eigenvalue weighted by Gasteiger charge is -2.37. The lowest BCUT2D eigenvalue weighted by Crippen LogP contribution is -2.39. The monoisotopic (exact) mass is 525 g/mol. The van der Waals surface area contributed by atoms with Crippen LogP contribution in [-0.2, 0) is 15.1 Å². The molecule has 0 radical (unpaired) electrons. The summed E-state index contributed by atoms with van der Waals surface area (Å²) in [5, 5.41) is 14.9. The molecule has 10 nitrogen and oxygen atoms in total. The summed E-state index contributed by atoms with van der Waals surface area (Å²) in [5.41, 5.74) is 9.77. The third kappa shape index (κ3) is 4.89. The van der Waals surface area contributed by atoms with Gasteiger partial charge in [0.05, 0.1) is 18.8 Å². The van der Waals surface area contributed by atoms with E-state index in [9.17, 15) is 20.2 Å². The molecule has 1 aliphatic heterocycles. The quantitative estimate of drug-likeness (QED) is 0.156. The summed E-state index contributed by atoms with van der Waals surface area (Å²) in [5.74, 6) is 0. The van der Waals surface area contributed by atoms with Gasteiger partial charge in [0.1, 0.15) is 11.7 Å². The third-order valence-electron chi connectivity index (χ3n) is 6.95. The van der Waals surface area contributed by atoms with Gasteiger partial charge in [0.25, 0.3) is 5.56 Å². The number of hydrogen-bond donors (Lipinski definition) is 2. The number of nitrogens with one attached hydrogen (secondary N) is 1. The highest BCUT2D eigenvalue weighted by atomic mass is 16.6. The third-order valence-corrected chi connectivity index (χ3v) is 6.95. The molecule has 2 heterocycles. The van der Waals surface area contributed by atoms with Crippen molar-refractivity contribution < 1.29 is 14.6 Å². The van der Waals surface area contributed by atoms with Crippen LogP contribution in [0.3, 0.4) is 0 Å². The van der Waals surface area contributed by atoms with Crippen molar-refractivity contribution in [3.63, 3.8) is 0 Å². The fraction of sp³-hybridized carbons (Fsp3) is 0.241. The molecule has 198 valence electrons. The number of aryl methyl sites for hydroxylation is 1. The van der Waals surface area contributed by atoms with Gasteiger partial charge in [-0.25, -0.2) is 4.79 Å². The predicted molar refractivity (Wildman–Crippen MR) is 144 cm³/mol. The van der Waals surface area contributed by atoms with Gasteiger partial charge in [0.15, 0.2) is 6.23 Å². The number of H-pyrrole nitrogens is 1. The van der Waals surface area contributed by atoms with Gasteiger partial charge in [-0.15, -0.1) is 0 Å². The van der Waals surface area contributed by atoms with Crippen LogP contribution in [0.1, 0.15) is 28.5 Å². The summed E-state index contributed by atoms with van der Waals surface area (Å²) in [6.07, 6.45) is -2.16. The Morgan fingerprint density at radius 2 is 1.49 bits per heavy atom. The van der Waals surface area contributed by atoms with E-state index in [-0.39, 0.29) is 12.2 Å². The first-order valence-electron chi connectivity index (χ1n) is 12.5. The summed E-state index contributed by atoms with van der Waals surface area (Å²) in [6.45, 7) is 1.45. The van der Waals surface area contributed by atoms with Crippen molar-refractivity contribution in [3.8, 4) is 0 Å². The number of hydrogen-bond acceptors (Lipinski definition) is 6. The fourth-order valence-electron chi connectivity index (χ4n) is 5.05. The Bertz CT molecular complexity index is 1490.